The first-order valence-corrected chi connectivity index (χ1v) is 12.4. The highest BCUT2D eigenvalue weighted by atomic mass is 19.4. The Morgan fingerprint density at radius 3 is 2.42 bits per heavy atom. The number of amides is 4. The number of benzene rings is 2. The van der Waals surface area contributed by atoms with Crippen LogP contribution in [-0.2, 0) is 21.8 Å². The number of allylic oxidation sites excluding steroid dienone is 1. The molecular weight excluding hydrogens is 529 g/mol. The van der Waals surface area contributed by atoms with E-state index in [0.29, 0.717) is 28.3 Å². The molecule has 0 saturated carbocycles. The van der Waals surface area contributed by atoms with E-state index >= 15 is 0 Å². The van der Waals surface area contributed by atoms with Gasteiger partial charge in [0, 0.05) is 30.4 Å². The molecule has 4 aliphatic heterocycles. The predicted molar refractivity (Wildman–Crippen MR) is 136 cm³/mol. The molecule has 0 bridgehead atoms. The quantitative estimate of drug-likeness (QED) is 0.626. The van der Waals surface area contributed by atoms with E-state index in [9.17, 15) is 27.6 Å². The van der Waals surface area contributed by atoms with Crippen LogP contribution in [0.2, 0.25) is 0 Å². The summed E-state index contributed by atoms with van der Waals surface area (Å²) in [5.41, 5.74) is -2.29. The van der Waals surface area contributed by atoms with E-state index in [-0.39, 0.29) is 43.6 Å². The van der Waals surface area contributed by atoms with Crippen molar-refractivity contribution in [1.82, 2.24) is 15.1 Å². The molecule has 0 unspecified atom stereocenters. The second-order valence-corrected chi connectivity index (χ2v) is 10.0. The molecule has 6 rings (SSSR count). The number of anilines is 1. The Bertz CT molecular complexity index is 1510. The van der Waals surface area contributed by atoms with Crippen molar-refractivity contribution in [2.75, 3.05) is 31.6 Å². The van der Waals surface area contributed by atoms with Gasteiger partial charge < -0.3 is 24.8 Å². The van der Waals surface area contributed by atoms with Gasteiger partial charge in [0.15, 0.2) is 5.54 Å². The van der Waals surface area contributed by atoms with Gasteiger partial charge in [-0.2, -0.15) is 13.2 Å². The summed E-state index contributed by atoms with van der Waals surface area (Å²) in [6.07, 6.45) is -1.16. The Hall–Kier alpha value is -4.68. The van der Waals surface area contributed by atoms with Crippen molar-refractivity contribution in [3.8, 4) is 5.75 Å². The highest BCUT2D eigenvalue weighted by Gasteiger charge is 2.65. The Labute approximate surface area is 226 Å². The van der Waals surface area contributed by atoms with Crippen LogP contribution >= 0.6 is 0 Å². The SMILES string of the molecule is C=C1C=Cc2cc(N3CC(=O)N(Cc4ccc(C5(C(F)(F)F)N=N5)cc4)C4(CN(C(=O)NC)C4)C3=O)ccc2O1. The Morgan fingerprint density at radius 1 is 1.10 bits per heavy atom. The van der Waals surface area contributed by atoms with E-state index in [0.717, 1.165) is 0 Å². The summed E-state index contributed by atoms with van der Waals surface area (Å²) in [5.74, 6) is 0.323. The minimum absolute atomic E-state index is 0.0313. The first-order chi connectivity index (χ1) is 19.0. The number of hydrogen-bond acceptors (Lipinski definition) is 6. The molecule has 206 valence electrons. The molecule has 2 aromatic rings. The van der Waals surface area contributed by atoms with Gasteiger partial charge in [0.1, 0.15) is 18.1 Å². The number of carbonyl (C=O) groups is 3. The first-order valence-electron chi connectivity index (χ1n) is 12.4. The third-order valence-electron chi connectivity index (χ3n) is 7.55. The predicted octanol–water partition coefficient (Wildman–Crippen LogP) is 3.56. The maximum atomic E-state index is 14.0. The van der Waals surface area contributed by atoms with Crippen molar-refractivity contribution in [3.63, 3.8) is 0 Å². The van der Waals surface area contributed by atoms with Crippen molar-refractivity contribution in [3.05, 3.63) is 77.6 Å². The summed E-state index contributed by atoms with van der Waals surface area (Å²) in [5, 5.41) is 8.95. The molecule has 2 saturated heterocycles. The zero-order valence-electron chi connectivity index (χ0n) is 21.2. The molecule has 0 aliphatic carbocycles. The number of piperazine rings is 1. The topological polar surface area (TPSA) is 107 Å². The second kappa shape index (κ2) is 8.66. The van der Waals surface area contributed by atoms with Gasteiger partial charge in [-0.15, -0.1) is 10.2 Å². The number of urea groups is 1. The summed E-state index contributed by atoms with van der Waals surface area (Å²) in [6.45, 7) is 3.42. The number of halogens is 3. The molecule has 13 heteroatoms. The van der Waals surface area contributed by atoms with Crippen molar-refractivity contribution in [1.29, 1.82) is 0 Å². The minimum atomic E-state index is -4.65. The monoisotopic (exact) mass is 552 g/mol. The van der Waals surface area contributed by atoms with Crippen molar-refractivity contribution < 1.29 is 32.3 Å². The van der Waals surface area contributed by atoms with Crippen LogP contribution in [0, 0.1) is 0 Å². The number of nitrogens with zero attached hydrogens (tertiary/aromatic N) is 5. The maximum absolute atomic E-state index is 14.0. The van der Waals surface area contributed by atoms with Crippen LogP contribution in [0.3, 0.4) is 0 Å². The Balaban J connectivity index is 1.29. The number of carbonyl (C=O) groups excluding carboxylic acids is 3. The lowest BCUT2D eigenvalue weighted by atomic mass is 9.83. The summed E-state index contributed by atoms with van der Waals surface area (Å²) < 4.78 is 45.8. The number of hydrogen-bond donors (Lipinski definition) is 1. The van der Waals surface area contributed by atoms with Crippen LogP contribution in [0.5, 0.6) is 5.75 Å². The second-order valence-electron chi connectivity index (χ2n) is 10.0. The van der Waals surface area contributed by atoms with Crippen LogP contribution in [-0.4, -0.2) is 66.0 Å². The lowest BCUT2D eigenvalue weighted by molar-refractivity contribution is -0.166. The van der Waals surface area contributed by atoms with Gasteiger partial charge in [0.25, 0.3) is 5.91 Å². The Morgan fingerprint density at radius 2 is 1.80 bits per heavy atom. The summed E-state index contributed by atoms with van der Waals surface area (Å²) in [6, 6.07) is 10.2. The number of fused-ring (bicyclic) bond motifs is 1. The first kappa shape index (κ1) is 25.6. The Kier molecular flexibility index (Phi) is 5.54. The van der Waals surface area contributed by atoms with Gasteiger partial charge in [-0.3, -0.25) is 9.59 Å². The third kappa shape index (κ3) is 3.83. The molecule has 4 aliphatic rings. The van der Waals surface area contributed by atoms with Crippen LogP contribution in [0.25, 0.3) is 6.08 Å². The van der Waals surface area contributed by atoms with Crippen LogP contribution < -0.4 is 15.0 Å². The van der Waals surface area contributed by atoms with E-state index in [4.69, 9.17) is 4.74 Å². The fraction of sp³-hybridized carbons (Fsp3) is 0.296. The molecule has 4 amide bonds. The minimum Gasteiger partial charge on any atom is -0.457 e. The van der Waals surface area contributed by atoms with Crippen LogP contribution in [0.15, 0.2) is 71.1 Å². The normalized spacial score (nSPS) is 20.3. The molecule has 0 atom stereocenters. The zero-order valence-corrected chi connectivity index (χ0v) is 21.2. The zero-order chi connectivity index (χ0) is 28.4. The van der Waals surface area contributed by atoms with E-state index in [2.05, 4.69) is 22.1 Å². The van der Waals surface area contributed by atoms with Gasteiger partial charge in [0.2, 0.25) is 5.91 Å². The molecule has 2 aromatic carbocycles. The van der Waals surface area contributed by atoms with Gasteiger partial charge in [-0.1, -0.05) is 30.8 Å². The lowest BCUT2D eigenvalue weighted by Crippen LogP contribution is -2.81. The van der Waals surface area contributed by atoms with E-state index < -0.39 is 23.4 Å². The number of likely N-dealkylation sites (tertiary alicyclic amines) is 1. The molecule has 4 heterocycles. The summed E-state index contributed by atoms with van der Waals surface area (Å²) in [7, 11) is 1.47. The molecule has 1 spiro atoms. The molecule has 0 aromatic heterocycles. The number of rotatable bonds is 4. The van der Waals surface area contributed by atoms with Crippen LogP contribution in [0.4, 0.5) is 23.7 Å². The maximum Gasteiger partial charge on any atom is 0.442 e. The van der Waals surface area contributed by atoms with E-state index in [1.165, 1.54) is 46.0 Å². The van der Waals surface area contributed by atoms with Crippen molar-refractivity contribution in [2.24, 2.45) is 10.2 Å². The average molecular weight is 553 g/mol. The largest absolute Gasteiger partial charge is 0.457 e. The van der Waals surface area contributed by atoms with Gasteiger partial charge >= 0.3 is 17.9 Å². The summed E-state index contributed by atoms with van der Waals surface area (Å²) >= 11 is 0. The molecule has 0 radical (unpaired) electrons. The van der Waals surface area contributed by atoms with E-state index in [1.54, 1.807) is 30.4 Å². The van der Waals surface area contributed by atoms with Gasteiger partial charge in [-0.25, -0.2) is 4.79 Å². The third-order valence-corrected chi connectivity index (χ3v) is 7.55. The highest BCUT2D eigenvalue weighted by Crippen LogP contribution is 2.52. The molecule has 10 nitrogen and oxygen atoms in total. The lowest BCUT2D eigenvalue weighted by Gasteiger charge is -2.57. The number of alkyl halides is 3. The molecule has 1 N–H and O–H groups in total. The average Bonchev–Trinajstić information content (AvgIpc) is 3.72. The fourth-order valence-corrected chi connectivity index (χ4v) is 5.29. The standard InChI is InChI=1S/C27H23F3N6O4/c1-16-3-6-18-11-20(9-10-21(18)40-16)35-13-22(37)36(25(23(35)38)14-34(15-25)24(39)31-2)12-17-4-7-19(8-5-17)26(32-33-26)27(28,29)30/h3-11H,1,12-15H2,2H3,(H,31,39). The van der Waals surface area contributed by atoms with Crippen LogP contribution in [0.1, 0.15) is 16.7 Å². The number of ether oxygens (including phenoxy) is 1. The molecule has 2 fully saturated rings. The van der Waals surface area contributed by atoms with Crippen molar-refractivity contribution >= 4 is 29.6 Å². The van der Waals surface area contributed by atoms with Crippen molar-refractivity contribution in [2.45, 2.75) is 23.9 Å². The van der Waals surface area contributed by atoms with Gasteiger partial charge in [-0.05, 0) is 35.9 Å². The van der Waals surface area contributed by atoms with Gasteiger partial charge in [0.05, 0.1) is 13.1 Å². The highest BCUT2D eigenvalue weighted by molar-refractivity contribution is 6.11. The fourth-order valence-electron chi connectivity index (χ4n) is 5.29. The van der Waals surface area contributed by atoms with E-state index in [1.807, 2.05) is 0 Å². The molecular formula is C27H23F3N6O4. The molecule has 40 heavy (non-hydrogen) atoms. The number of nitrogens with one attached hydrogen (secondary N) is 1. The smallest absolute Gasteiger partial charge is 0.442 e. The summed E-state index contributed by atoms with van der Waals surface area (Å²) in [4.78, 5) is 44.1.